The van der Waals surface area contributed by atoms with Crippen molar-refractivity contribution in [3.8, 4) is 0 Å². The summed E-state index contributed by atoms with van der Waals surface area (Å²) in [4.78, 5) is 0. The van der Waals surface area contributed by atoms with Crippen LogP contribution in [0.3, 0.4) is 0 Å². The molecule has 0 spiro atoms. The first-order valence-electron chi connectivity index (χ1n) is 3.57. The molecule has 0 amide bonds. The molecular formula is C8H8N2O2. The van der Waals surface area contributed by atoms with Gasteiger partial charge in [-0.05, 0) is 6.07 Å². The predicted octanol–water partition coefficient (Wildman–Crippen LogP) is 1.44. The number of rotatable bonds is 2. The van der Waals surface area contributed by atoms with E-state index in [1.807, 2.05) is 6.07 Å². The van der Waals surface area contributed by atoms with E-state index in [0.29, 0.717) is 12.3 Å². The lowest BCUT2D eigenvalue weighted by Crippen LogP contribution is -1.82. The van der Waals surface area contributed by atoms with Gasteiger partial charge in [0.2, 0.25) is 0 Å². The minimum Gasteiger partial charge on any atom is -0.446 e. The molecule has 62 valence electrons. The summed E-state index contributed by atoms with van der Waals surface area (Å²) in [6.07, 6.45) is 3.90. The Labute approximate surface area is 69.0 Å². The number of hydrogen-bond acceptors (Lipinski definition) is 4. The molecule has 0 aliphatic rings. The van der Waals surface area contributed by atoms with Crippen molar-refractivity contribution in [2.45, 2.75) is 6.42 Å². The van der Waals surface area contributed by atoms with Crippen LogP contribution in [-0.4, -0.2) is 5.16 Å². The number of nitrogen functional groups attached to an aromatic ring is 1. The summed E-state index contributed by atoms with van der Waals surface area (Å²) < 4.78 is 9.84. The van der Waals surface area contributed by atoms with Gasteiger partial charge >= 0.3 is 0 Å². The van der Waals surface area contributed by atoms with E-state index in [9.17, 15) is 0 Å². The Morgan fingerprint density at radius 2 is 2.33 bits per heavy atom. The normalized spacial score (nSPS) is 10.3. The van der Waals surface area contributed by atoms with Crippen molar-refractivity contribution in [2.24, 2.45) is 0 Å². The quantitative estimate of drug-likeness (QED) is 0.729. The van der Waals surface area contributed by atoms with Crippen LogP contribution in [0.1, 0.15) is 11.3 Å². The molecule has 0 fully saturated rings. The second-order valence-corrected chi connectivity index (χ2v) is 2.51. The molecule has 0 atom stereocenters. The van der Waals surface area contributed by atoms with Gasteiger partial charge in [0.15, 0.2) is 5.88 Å². The molecule has 0 aliphatic carbocycles. The second-order valence-electron chi connectivity index (χ2n) is 2.51. The molecule has 2 aromatic rings. The standard InChI is InChI=1S/C8H8N2O2/c9-8-2-1-7(12-8)3-6-4-10-11-5-6/h1-2,4-5H,3,9H2. The zero-order valence-corrected chi connectivity index (χ0v) is 6.36. The van der Waals surface area contributed by atoms with E-state index in [1.54, 1.807) is 18.5 Å². The maximum atomic E-state index is 5.40. The van der Waals surface area contributed by atoms with Crippen molar-refractivity contribution in [3.05, 3.63) is 35.9 Å². The first-order valence-corrected chi connectivity index (χ1v) is 3.57. The summed E-state index contributed by atoms with van der Waals surface area (Å²) in [5.41, 5.74) is 6.38. The van der Waals surface area contributed by atoms with E-state index in [4.69, 9.17) is 10.2 Å². The number of nitrogens with two attached hydrogens (primary N) is 1. The largest absolute Gasteiger partial charge is 0.446 e. The number of anilines is 1. The van der Waals surface area contributed by atoms with E-state index < -0.39 is 0 Å². The molecule has 0 saturated carbocycles. The Morgan fingerprint density at radius 3 is 2.92 bits per heavy atom. The Bertz CT molecular complexity index is 351. The highest BCUT2D eigenvalue weighted by Crippen LogP contribution is 2.13. The first-order chi connectivity index (χ1) is 5.84. The summed E-state index contributed by atoms with van der Waals surface area (Å²) >= 11 is 0. The van der Waals surface area contributed by atoms with Crippen molar-refractivity contribution in [3.63, 3.8) is 0 Å². The molecule has 12 heavy (non-hydrogen) atoms. The average molecular weight is 164 g/mol. The third-order valence-electron chi connectivity index (χ3n) is 1.54. The summed E-state index contributed by atoms with van der Waals surface area (Å²) in [5.74, 6) is 1.25. The monoisotopic (exact) mass is 164 g/mol. The molecule has 2 heterocycles. The molecule has 2 aromatic heterocycles. The van der Waals surface area contributed by atoms with Crippen LogP contribution in [0, 0.1) is 0 Å². The Hall–Kier alpha value is -1.71. The van der Waals surface area contributed by atoms with Crippen LogP contribution in [0.2, 0.25) is 0 Å². The topological polar surface area (TPSA) is 65.2 Å². The van der Waals surface area contributed by atoms with Crippen molar-refractivity contribution in [2.75, 3.05) is 5.73 Å². The van der Waals surface area contributed by atoms with E-state index in [1.165, 1.54) is 0 Å². The molecule has 0 aliphatic heterocycles. The van der Waals surface area contributed by atoms with Crippen LogP contribution >= 0.6 is 0 Å². The summed E-state index contributed by atoms with van der Waals surface area (Å²) in [6, 6.07) is 3.56. The molecule has 4 nitrogen and oxygen atoms in total. The van der Waals surface area contributed by atoms with Gasteiger partial charge in [-0.1, -0.05) is 5.16 Å². The minimum absolute atomic E-state index is 0.432. The van der Waals surface area contributed by atoms with E-state index in [0.717, 1.165) is 11.3 Å². The van der Waals surface area contributed by atoms with Gasteiger partial charge in [0.25, 0.3) is 0 Å². The molecule has 4 heteroatoms. The highest BCUT2D eigenvalue weighted by atomic mass is 16.5. The molecule has 2 rings (SSSR count). The highest BCUT2D eigenvalue weighted by Gasteiger charge is 2.01. The zero-order chi connectivity index (χ0) is 8.39. The van der Waals surface area contributed by atoms with E-state index in [2.05, 4.69) is 9.68 Å². The molecular weight excluding hydrogens is 156 g/mol. The van der Waals surface area contributed by atoms with Crippen molar-refractivity contribution >= 4 is 5.88 Å². The lowest BCUT2D eigenvalue weighted by molar-refractivity contribution is 0.418. The first kappa shape index (κ1) is 6.97. The van der Waals surface area contributed by atoms with Gasteiger partial charge in [0.1, 0.15) is 12.0 Å². The van der Waals surface area contributed by atoms with Crippen LogP contribution in [0.4, 0.5) is 5.88 Å². The van der Waals surface area contributed by atoms with Gasteiger partial charge < -0.3 is 14.7 Å². The molecule has 0 unspecified atom stereocenters. The van der Waals surface area contributed by atoms with Crippen molar-refractivity contribution < 1.29 is 8.94 Å². The maximum absolute atomic E-state index is 5.40. The minimum atomic E-state index is 0.432. The fourth-order valence-electron chi connectivity index (χ4n) is 1.00. The van der Waals surface area contributed by atoms with E-state index in [-0.39, 0.29) is 0 Å². The smallest absolute Gasteiger partial charge is 0.190 e. The van der Waals surface area contributed by atoms with Crippen molar-refractivity contribution in [1.29, 1.82) is 0 Å². The van der Waals surface area contributed by atoms with Gasteiger partial charge in [0.05, 0.1) is 6.20 Å². The fraction of sp³-hybridized carbons (Fsp3) is 0.125. The fourth-order valence-corrected chi connectivity index (χ4v) is 1.00. The molecule has 2 N–H and O–H groups in total. The molecule has 0 saturated heterocycles. The molecule has 0 aromatic carbocycles. The highest BCUT2D eigenvalue weighted by molar-refractivity contribution is 5.27. The number of nitrogens with zero attached hydrogens (tertiary/aromatic N) is 1. The van der Waals surface area contributed by atoms with Gasteiger partial charge in [-0.2, -0.15) is 0 Å². The van der Waals surface area contributed by atoms with Gasteiger partial charge in [-0.3, -0.25) is 0 Å². The third kappa shape index (κ3) is 1.32. The van der Waals surface area contributed by atoms with Crippen LogP contribution in [0.25, 0.3) is 0 Å². The van der Waals surface area contributed by atoms with E-state index >= 15 is 0 Å². The lowest BCUT2D eigenvalue weighted by Gasteiger charge is -1.89. The third-order valence-corrected chi connectivity index (χ3v) is 1.54. The summed E-state index contributed by atoms with van der Waals surface area (Å²) in [7, 11) is 0. The van der Waals surface area contributed by atoms with Crippen LogP contribution in [0.5, 0.6) is 0 Å². The SMILES string of the molecule is Nc1ccc(Cc2cnoc2)o1. The number of furan rings is 1. The Morgan fingerprint density at radius 1 is 1.42 bits per heavy atom. The van der Waals surface area contributed by atoms with Crippen molar-refractivity contribution in [1.82, 2.24) is 5.16 Å². The van der Waals surface area contributed by atoms with Gasteiger partial charge in [-0.25, -0.2) is 0 Å². The maximum Gasteiger partial charge on any atom is 0.190 e. The van der Waals surface area contributed by atoms with Crippen LogP contribution in [-0.2, 0) is 6.42 Å². The summed E-state index contributed by atoms with van der Waals surface area (Å²) in [6.45, 7) is 0. The Balaban J connectivity index is 2.14. The average Bonchev–Trinajstić information content (AvgIpc) is 2.63. The Kier molecular flexibility index (Phi) is 1.59. The van der Waals surface area contributed by atoms with Gasteiger partial charge in [-0.15, -0.1) is 0 Å². The summed E-state index contributed by atoms with van der Waals surface area (Å²) in [5, 5.41) is 3.58. The van der Waals surface area contributed by atoms with Crippen LogP contribution in [0.15, 0.2) is 33.5 Å². The lowest BCUT2D eigenvalue weighted by atomic mass is 10.2. The number of hydrogen-bond donors (Lipinski definition) is 1. The second kappa shape index (κ2) is 2.73. The predicted molar refractivity (Wildman–Crippen MR) is 42.4 cm³/mol. The molecule has 0 bridgehead atoms. The number of aromatic nitrogens is 1. The molecule has 0 radical (unpaired) electrons. The van der Waals surface area contributed by atoms with Crippen LogP contribution < -0.4 is 5.73 Å². The zero-order valence-electron chi connectivity index (χ0n) is 6.36. The van der Waals surface area contributed by atoms with Gasteiger partial charge in [0, 0.05) is 18.1 Å².